The van der Waals surface area contributed by atoms with Crippen molar-refractivity contribution in [2.45, 2.75) is 31.8 Å². The number of hydrogen-bond donors (Lipinski definition) is 3. The van der Waals surface area contributed by atoms with E-state index in [2.05, 4.69) is 0 Å². The van der Waals surface area contributed by atoms with Gasteiger partial charge in [0.2, 0.25) is 0 Å². The molecule has 2 atom stereocenters. The van der Waals surface area contributed by atoms with E-state index in [0.29, 0.717) is 24.2 Å². The number of likely N-dealkylation sites (N-methyl/N-ethyl adjacent to an activating group) is 1. The van der Waals surface area contributed by atoms with Gasteiger partial charge in [-0.15, -0.1) is 0 Å². The van der Waals surface area contributed by atoms with E-state index >= 15 is 0 Å². The SMILES string of the molecule is C[N+](C)(C)CCOP(=O)(O)OCC(O)COCCCCCCN. The predicted octanol–water partition coefficient (Wildman–Crippen LogP) is 0.723. The lowest BCUT2D eigenvalue weighted by Crippen LogP contribution is -2.37. The van der Waals surface area contributed by atoms with Crippen molar-refractivity contribution in [2.75, 3.05) is 60.7 Å². The van der Waals surface area contributed by atoms with Crippen LogP contribution in [0.2, 0.25) is 0 Å². The second-order valence-corrected chi connectivity index (χ2v) is 8.00. The smallest absolute Gasteiger partial charge is 0.388 e. The Kier molecular flexibility index (Phi) is 12.3. The lowest BCUT2D eigenvalue weighted by Gasteiger charge is -2.24. The van der Waals surface area contributed by atoms with Crippen LogP contribution in [0.1, 0.15) is 25.7 Å². The van der Waals surface area contributed by atoms with E-state index in [1.165, 1.54) is 0 Å². The molecule has 0 spiro atoms. The summed E-state index contributed by atoms with van der Waals surface area (Å²) in [4.78, 5) is 9.49. The average Bonchev–Trinajstić information content (AvgIpc) is 2.42. The number of aliphatic hydroxyl groups is 1. The van der Waals surface area contributed by atoms with E-state index in [0.717, 1.165) is 25.7 Å². The number of hydrogen-bond acceptors (Lipinski definition) is 6. The van der Waals surface area contributed by atoms with Crippen LogP contribution >= 0.6 is 7.82 Å². The third kappa shape index (κ3) is 16.6. The maximum atomic E-state index is 11.6. The molecule has 0 radical (unpaired) electrons. The van der Waals surface area contributed by atoms with E-state index in [1.807, 2.05) is 21.1 Å². The van der Waals surface area contributed by atoms with Crippen LogP contribution in [-0.2, 0) is 18.3 Å². The number of rotatable bonds is 15. The maximum Gasteiger partial charge on any atom is 0.472 e. The molecule has 0 rings (SSSR count). The summed E-state index contributed by atoms with van der Waals surface area (Å²) < 4.78 is 27.1. The van der Waals surface area contributed by atoms with Gasteiger partial charge in [-0.1, -0.05) is 12.8 Å². The van der Waals surface area contributed by atoms with Gasteiger partial charge >= 0.3 is 7.82 Å². The fourth-order valence-electron chi connectivity index (χ4n) is 1.62. The number of aliphatic hydroxyl groups excluding tert-OH is 1. The molecule has 0 aromatic carbocycles. The van der Waals surface area contributed by atoms with E-state index < -0.39 is 13.9 Å². The van der Waals surface area contributed by atoms with Gasteiger partial charge in [0.15, 0.2) is 0 Å². The molecule has 23 heavy (non-hydrogen) atoms. The normalized spacial score (nSPS) is 16.3. The van der Waals surface area contributed by atoms with Gasteiger partial charge in [-0.05, 0) is 19.4 Å². The highest BCUT2D eigenvalue weighted by Crippen LogP contribution is 2.43. The number of nitrogens with two attached hydrogens (primary N) is 1. The molecule has 9 heteroatoms. The minimum Gasteiger partial charge on any atom is -0.388 e. The van der Waals surface area contributed by atoms with Gasteiger partial charge in [0.1, 0.15) is 19.3 Å². The molecule has 0 aromatic heterocycles. The highest BCUT2D eigenvalue weighted by Gasteiger charge is 2.23. The van der Waals surface area contributed by atoms with Gasteiger partial charge in [-0.2, -0.15) is 0 Å². The zero-order valence-corrected chi connectivity index (χ0v) is 15.5. The van der Waals surface area contributed by atoms with Crippen molar-refractivity contribution in [3.8, 4) is 0 Å². The Labute approximate surface area is 139 Å². The predicted molar refractivity (Wildman–Crippen MR) is 89.0 cm³/mol. The molecule has 0 saturated heterocycles. The zero-order chi connectivity index (χ0) is 17.8. The molecule has 0 heterocycles. The van der Waals surface area contributed by atoms with Gasteiger partial charge in [-0.25, -0.2) is 4.57 Å². The summed E-state index contributed by atoms with van der Waals surface area (Å²) in [6, 6.07) is 0. The van der Waals surface area contributed by atoms with Crippen LogP contribution in [0.15, 0.2) is 0 Å². The first-order valence-electron chi connectivity index (χ1n) is 8.04. The topological polar surface area (TPSA) is 111 Å². The molecule has 0 amide bonds. The van der Waals surface area contributed by atoms with Crippen molar-refractivity contribution >= 4 is 7.82 Å². The molecular formula is C14H34N2O6P+. The fraction of sp³-hybridized carbons (Fsp3) is 1.00. The molecule has 0 aliphatic carbocycles. The summed E-state index contributed by atoms with van der Waals surface area (Å²) in [6.07, 6.45) is 3.07. The van der Waals surface area contributed by atoms with Crippen molar-refractivity contribution < 1.29 is 32.8 Å². The number of phosphoric acid groups is 1. The summed E-state index contributed by atoms with van der Waals surface area (Å²) >= 11 is 0. The third-order valence-corrected chi connectivity index (χ3v) is 3.98. The Morgan fingerprint density at radius 1 is 1.04 bits per heavy atom. The van der Waals surface area contributed by atoms with E-state index in [9.17, 15) is 14.6 Å². The van der Waals surface area contributed by atoms with Crippen LogP contribution in [0.3, 0.4) is 0 Å². The lowest BCUT2D eigenvalue weighted by molar-refractivity contribution is -0.870. The Morgan fingerprint density at radius 2 is 1.70 bits per heavy atom. The molecule has 0 fully saturated rings. The van der Waals surface area contributed by atoms with Gasteiger partial charge < -0.3 is 25.0 Å². The molecule has 0 aromatic rings. The van der Waals surface area contributed by atoms with Crippen molar-refractivity contribution in [3.05, 3.63) is 0 Å². The minimum absolute atomic E-state index is 0.0652. The molecule has 2 unspecified atom stereocenters. The molecule has 140 valence electrons. The summed E-state index contributed by atoms with van der Waals surface area (Å²) in [7, 11) is 1.72. The number of quaternary nitrogens is 1. The summed E-state index contributed by atoms with van der Waals surface area (Å²) in [5.74, 6) is 0. The van der Waals surface area contributed by atoms with Crippen LogP contribution in [-0.4, -0.2) is 81.2 Å². The Bertz CT molecular complexity index is 338. The number of nitrogens with zero attached hydrogens (tertiary/aromatic N) is 1. The molecule has 0 aliphatic heterocycles. The van der Waals surface area contributed by atoms with Crippen molar-refractivity contribution in [1.82, 2.24) is 0 Å². The number of unbranched alkanes of at least 4 members (excludes halogenated alkanes) is 3. The van der Waals surface area contributed by atoms with Crippen LogP contribution in [0.4, 0.5) is 0 Å². The van der Waals surface area contributed by atoms with E-state index in [4.69, 9.17) is 19.5 Å². The van der Waals surface area contributed by atoms with Gasteiger partial charge in [0, 0.05) is 6.61 Å². The molecule has 0 saturated carbocycles. The second kappa shape index (κ2) is 12.3. The van der Waals surface area contributed by atoms with Crippen LogP contribution in [0.25, 0.3) is 0 Å². The van der Waals surface area contributed by atoms with Crippen molar-refractivity contribution in [1.29, 1.82) is 0 Å². The highest BCUT2D eigenvalue weighted by molar-refractivity contribution is 7.47. The monoisotopic (exact) mass is 357 g/mol. The van der Waals surface area contributed by atoms with Gasteiger partial charge in [-0.3, -0.25) is 9.05 Å². The molecular weight excluding hydrogens is 323 g/mol. The van der Waals surface area contributed by atoms with Crippen LogP contribution in [0, 0.1) is 0 Å². The summed E-state index contributed by atoms with van der Waals surface area (Å²) in [6.45, 7) is 1.69. The molecule has 4 N–H and O–H groups in total. The largest absolute Gasteiger partial charge is 0.472 e. The van der Waals surface area contributed by atoms with Crippen LogP contribution < -0.4 is 5.73 Å². The number of phosphoric ester groups is 1. The van der Waals surface area contributed by atoms with Crippen molar-refractivity contribution in [2.24, 2.45) is 5.73 Å². The van der Waals surface area contributed by atoms with Crippen LogP contribution in [0.5, 0.6) is 0 Å². The first-order chi connectivity index (χ1) is 10.7. The van der Waals surface area contributed by atoms with Crippen molar-refractivity contribution in [3.63, 3.8) is 0 Å². The third-order valence-electron chi connectivity index (χ3n) is 3.00. The quantitative estimate of drug-likeness (QED) is 0.225. The standard InChI is InChI=1S/C14H33N2O6P/c1-16(2,3)9-11-21-23(18,19)22-13-14(17)12-20-10-7-5-4-6-8-15/h14,17H,4-13,15H2,1-3H3/p+1. The zero-order valence-electron chi connectivity index (χ0n) is 14.6. The second-order valence-electron chi connectivity index (χ2n) is 6.54. The lowest BCUT2D eigenvalue weighted by atomic mass is 10.2. The first kappa shape index (κ1) is 22.9. The summed E-state index contributed by atoms with van der Waals surface area (Å²) in [5, 5.41) is 9.65. The molecule has 0 bridgehead atoms. The summed E-state index contributed by atoms with van der Waals surface area (Å²) in [5.41, 5.74) is 5.40. The average molecular weight is 357 g/mol. The van der Waals surface area contributed by atoms with E-state index in [-0.39, 0.29) is 19.8 Å². The molecule has 0 aliphatic rings. The Hall–Kier alpha value is -0.0500. The Balaban J connectivity index is 3.66. The highest BCUT2D eigenvalue weighted by atomic mass is 31.2. The van der Waals surface area contributed by atoms with E-state index in [1.54, 1.807) is 0 Å². The minimum atomic E-state index is -4.13. The fourth-order valence-corrected chi connectivity index (χ4v) is 2.36. The first-order valence-corrected chi connectivity index (χ1v) is 9.54. The molecule has 8 nitrogen and oxygen atoms in total. The van der Waals surface area contributed by atoms with Gasteiger partial charge in [0.25, 0.3) is 0 Å². The van der Waals surface area contributed by atoms with Gasteiger partial charge in [0.05, 0.1) is 34.4 Å². The number of ether oxygens (including phenoxy) is 1. The Morgan fingerprint density at radius 3 is 2.30 bits per heavy atom. The maximum absolute atomic E-state index is 11.6.